The molecule has 2 aliphatic rings. The molecule has 2 aromatic carbocycles. The highest BCUT2D eigenvalue weighted by molar-refractivity contribution is 9.10. The maximum absolute atomic E-state index is 13.3. The number of piperidine rings is 1. The lowest BCUT2D eigenvalue weighted by atomic mass is 10.0. The van der Waals surface area contributed by atoms with E-state index in [1.807, 2.05) is 70.3 Å². The van der Waals surface area contributed by atoms with Gasteiger partial charge in [-0.1, -0.05) is 45.9 Å². The fourth-order valence-electron chi connectivity index (χ4n) is 5.00. The quantitative estimate of drug-likeness (QED) is 0.305. The molecule has 3 heterocycles. The van der Waals surface area contributed by atoms with E-state index in [9.17, 15) is 14.7 Å². The van der Waals surface area contributed by atoms with Gasteiger partial charge in [-0.3, -0.25) is 4.79 Å². The summed E-state index contributed by atoms with van der Waals surface area (Å²) in [6.07, 6.45) is 6.99. The molecule has 1 amide bonds. The number of esters is 1. The molecule has 0 aliphatic carbocycles. The van der Waals surface area contributed by atoms with Crippen LogP contribution in [-0.2, 0) is 20.9 Å². The summed E-state index contributed by atoms with van der Waals surface area (Å²) in [4.78, 5) is 33.1. The van der Waals surface area contributed by atoms with Crippen LogP contribution in [0.2, 0.25) is 0 Å². The van der Waals surface area contributed by atoms with Gasteiger partial charge in [-0.05, 0) is 69.5 Å². The normalized spacial score (nSPS) is 19.9. The van der Waals surface area contributed by atoms with Crippen molar-refractivity contribution in [3.63, 3.8) is 0 Å². The molecule has 0 unspecified atom stereocenters. The first-order valence-electron chi connectivity index (χ1n) is 13.1. The lowest BCUT2D eigenvalue weighted by Crippen LogP contribution is -2.43. The topological polar surface area (TPSA) is 84.1 Å². The number of aliphatic hydroxyl groups is 1. The molecular weight excluding hydrogens is 578 g/mol. The maximum Gasteiger partial charge on any atom is 0.344 e. The molecule has 1 N–H and O–H groups in total. The molecule has 5 rings (SSSR count). The van der Waals surface area contributed by atoms with Gasteiger partial charge >= 0.3 is 5.97 Å². The number of nitrogens with zero attached hydrogens (tertiary/aromatic N) is 3. The summed E-state index contributed by atoms with van der Waals surface area (Å²) in [6, 6.07) is 15.5. The first kappa shape index (κ1) is 27.3. The van der Waals surface area contributed by atoms with Gasteiger partial charge in [0.1, 0.15) is 22.9 Å². The molecule has 7 nitrogen and oxygen atoms in total. The van der Waals surface area contributed by atoms with Gasteiger partial charge in [0, 0.05) is 39.7 Å². The molecule has 9 heteroatoms. The fraction of sp³-hybridized carbons (Fsp3) is 0.300. The van der Waals surface area contributed by atoms with Crippen molar-refractivity contribution in [1.29, 1.82) is 0 Å². The molecule has 1 atom stereocenters. The Kier molecular flexibility index (Phi) is 8.28. The zero-order valence-corrected chi connectivity index (χ0v) is 24.3. The molecule has 202 valence electrons. The molecule has 0 bridgehead atoms. The highest BCUT2D eigenvalue weighted by Gasteiger charge is 2.33. The van der Waals surface area contributed by atoms with Crippen LogP contribution in [0.25, 0.3) is 17.0 Å². The predicted octanol–water partition coefficient (Wildman–Crippen LogP) is 7.00. The Balaban J connectivity index is 1.54. The lowest BCUT2D eigenvalue weighted by Gasteiger charge is -2.33. The predicted molar refractivity (Wildman–Crippen MR) is 160 cm³/mol. The minimum Gasteiger partial charge on any atom is -0.506 e. The minimum atomic E-state index is -0.619. The van der Waals surface area contributed by atoms with Crippen LogP contribution >= 0.6 is 27.7 Å². The second-order valence-corrected chi connectivity index (χ2v) is 11.6. The van der Waals surface area contributed by atoms with Gasteiger partial charge in [-0.25, -0.2) is 9.79 Å². The third kappa shape index (κ3) is 5.84. The van der Waals surface area contributed by atoms with Gasteiger partial charge in [-0.2, -0.15) is 0 Å². The number of ether oxygens (including phenoxy) is 1. The van der Waals surface area contributed by atoms with E-state index < -0.39 is 5.97 Å². The van der Waals surface area contributed by atoms with Crippen molar-refractivity contribution < 1.29 is 19.4 Å². The number of amides is 1. The SMILES string of the molecule is CCOC(=O)C1=C(O)/C(=C/c2cn(CC(=O)N3CCCC[C@H]3C)c3ccc(Br)cc23)SC1=Nc1ccccc1. The molecule has 1 aromatic heterocycles. The van der Waals surface area contributed by atoms with Crippen molar-refractivity contribution in [3.05, 3.63) is 81.0 Å². The van der Waals surface area contributed by atoms with Crippen LogP contribution in [0.15, 0.2) is 80.4 Å². The number of aromatic nitrogens is 1. The number of carbonyl (C=O) groups is 2. The third-order valence-electron chi connectivity index (χ3n) is 6.95. The van der Waals surface area contributed by atoms with Gasteiger partial charge < -0.3 is 19.3 Å². The molecule has 0 saturated carbocycles. The number of benzene rings is 2. The van der Waals surface area contributed by atoms with Crippen LogP contribution in [0, 0.1) is 0 Å². The van der Waals surface area contributed by atoms with Crippen LogP contribution in [0.4, 0.5) is 5.69 Å². The minimum absolute atomic E-state index is 0.0520. The first-order chi connectivity index (χ1) is 18.9. The van der Waals surface area contributed by atoms with E-state index in [0.717, 1.165) is 46.7 Å². The Labute approximate surface area is 240 Å². The van der Waals surface area contributed by atoms with Crippen molar-refractivity contribution in [2.45, 2.75) is 45.7 Å². The number of hydrogen-bond donors (Lipinski definition) is 1. The Bertz CT molecular complexity index is 1510. The standard InChI is InChI=1S/C30H30BrN3O4S/c1-3-38-30(37)27-28(36)25(39-29(27)32-22-10-5-4-6-11-22)15-20-17-33(24-13-12-21(31)16-23(20)24)18-26(35)34-14-8-7-9-19(34)2/h4-6,10-13,15-17,19,36H,3,7-9,14,18H2,1-2H3/b25-15-,32-29?/t19-/m1/s1. The summed E-state index contributed by atoms with van der Waals surface area (Å²) in [5.74, 6) is -0.685. The molecule has 1 fully saturated rings. The second-order valence-electron chi connectivity index (χ2n) is 9.61. The average Bonchev–Trinajstić information content (AvgIpc) is 3.40. The van der Waals surface area contributed by atoms with Gasteiger partial charge in [-0.15, -0.1) is 0 Å². The number of halogens is 1. The molecule has 0 spiro atoms. The zero-order chi connectivity index (χ0) is 27.5. The van der Waals surface area contributed by atoms with E-state index in [4.69, 9.17) is 4.74 Å². The molecule has 39 heavy (non-hydrogen) atoms. The third-order valence-corrected chi connectivity index (χ3v) is 8.46. The van der Waals surface area contributed by atoms with Crippen molar-refractivity contribution in [3.8, 4) is 0 Å². The summed E-state index contributed by atoms with van der Waals surface area (Å²) in [7, 11) is 0. The molecule has 1 saturated heterocycles. The summed E-state index contributed by atoms with van der Waals surface area (Å²) < 4.78 is 8.10. The molecule has 3 aromatic rings. The Morgan fingerprint density at radius 3 is 2.74 bits per heavy atom. The number of fused-ring (bicyclic) bond motifs is 1. The Morgan fingerprint density at radius 2 is 2.00 bits per heavy atom. The largest absolute Gasteiger partial charge is 0.506 e. The highest BCUT2D eigenvalue weighted by Crippen LogP contribution is 2.41. The highest BCUT2D eigenvalue weighted by atomic mass is 79.9. The van der Waals surface area contributed by atoms with Crippen molar-refractivity contribution >= 4 is 67.3 Å². The van der Waals surface area contributed by atoms with Crippen molar-refractivity contribution in [1.82, 2.24) is 9.47 Å². The number of likely N-dealkylation sites (tertiary alicyclic amines) is 1. The van der Waals surface area contributed by atoms with E-state index in [2.05, 4.69) is 27.8 Å². The van der Waals surface area contributed by atoms with Gasteiger partial charge in [0.2, 0.25) is 5.91 Å². The van der Waals surface area contributed by atoms with Crippen LogP contribution in [0.5, 0.6) is 0 Å². The van der Waals surface area contributed by atoms with Crippen molar-refractivity contribution in [2.24, 2.45) is 4.99 Å². The second kappa shape index (κ2) is 11.8. The van der Waals surface area contributed by atoms with Gasteiger partial charge in [0.05, 0.1) is 17.2 Å². The average molecular weight is 609 g/mol. The maximum atomic E-state index is 13.3. The summed E-state index contributed by atoms with van der Waals surface area (Å²) in [5.41, 5.74) is 2.46. The molecular formula is C30H30BrN3O4S. The summed E-state index contributed by atoms with van der Waals surface area (Å²) in [6.45, 7) is 5.04. The van der Waals surface area contributed by atoms with E-state index in [1.54, 1.807) is 6.92 Å². The van der Waals surface area contributed by atoms with Crippen LogP contribution in [0.1, 0.15) is 38.7 Å². The van der Waals surface area contributed by atoms with Gasteiger partial charge in [0.25, 0.3) is 0 Å². The molecule has 2 aliphatic heterocycles. The van der Waals surface area contributed by atoms with Crippen LogP contribution in [0.3, 0.4) is 0 Å². The number of aliphatic imine (C=N–C) groups is 1. The van der Waals surface area contributed by atoms with Crippen LogP contribution in [-0.4, -0.2) is 50.7 Å². The summed E-state index contributed by atoms with van der Waals surface area (Å²) >= 11 is 4.78. The number of rotatable bonds is 6. The van der Waals surface area contributed by atoms with E-state index in [-0.39, 0.29) is 36.4 Å². The monoisotopic (exact) mass is 607 g/mol. The zero-order valence-electron chi connectivity index (χ0n) is 21.9. The summed E-state index contributed by atoms with van der Waals surface area (Å²) in [5, 5.41) is 12.5. The number of para-hydroxylation sites is 1. The van der Waals surface area contributed by atoms with E-state index >= 15 is 0 Å². The van der Waals surface area contributed by atoms with E-state index in [0.29, 0.717) is 15.6 Å². The Hall–Kier alpha value is -3.30. The Morgan fingerprint density at radius 1 is 1.21 bits per heavy atom. The van der Waals surface area contributed by atoms with Crippen molar-refractivity contribution in [2.75, 3.05) is 13.2 Å². The first-order valence-corrected chi connectivity index (χ1v) is 14.7. The fourth-order valence-corrected chi connectivity index (χ4v) is 6.39. The van der Waals surface area contributed by atoms with Gasteiger partial charge in [0.15, 0.2) is 0 Å². The molecule has 0 radical (unpaired) electrons. The smallest absolute Gasteiger partial charge is 0.344 e. The number of aliphatic hydroxyl groups excluding tert-OH is 1. The van der Waals surface area contributed by atoms with Crippen LogP contribution < -0.4 is 0 Å². The number of thioether (sulfide) groups is 1. The van der Waals surface area contributed by atoms with E-state index in [1.165, 1.54) is 11.8 Å². The number of carbonyl (C=O) groups excluding carboxylic acids is 2. The number of hydrogen-bond acceptors (Lipinski definition) is 6. The lowest BCUT2D eigenvalue weighted by molar-refractivity contribution is -0.138.